The van der Waals surface area contributed by atoms with Crippen LogP contribution < -0.4 is 5.32 Å². The summed E-state index contributed by atoms with van der Waals surface area (Å²) in [7, 11) is 0. The Morgan fingerprint density at radius 1 is 1.12 bits per heavy atom. The Labute approximate surface area is 235 Å². The van der Waals surface area contributed by atoms with Gasteiger partial charge in [-0.25, -0.2) is 9.97 Å². The molecule has 1 aliphatic heterocycles. The van der Waals surface area contributed by atoms with Gasteiger partial charge < -0.3 is 15.2 Å². The number of carbonyl (C=O) groups excluding carboxylic acids is 1. The maximum Gasteiger partial charge on any atom is 0.225 e. The van der Waals surface area contributed by atoms with Crippen molar-refractivity contribution in [2.75, 3.05) is 31.5 Å². The number of benzene rings is 1. The molecular weight excluding hydrogens is 500 g/mol. The van der Waals surface area contributed by atoms with Gasteiger partial charge in [0, 0.05) is 62.6 Å². The fourth-order valence-electron chi connectivity index (χ4n) is 6.00. The van der Waals surface area contributed by atoms with Crippen LogP contribution in [0.25, 0.3) is 22.2 Å². The van der Waals surface area contributed by atoms with E-state index in [0.29, 0.717) is 29.1 Å². The van der Waals surface area contributed by atoms with Crippen molar-refractivity contribution >= 4 is 28.7 Å². The maximum absolute atomic E-state index is 12.4. The van der Waals surface area contributed by atoms with Crippen LogP contribution in [-0.2, 0) is 11.3 Å². The molecule has 2 saturated carbocycles. The molecule has 2 aliphatic carbocycles. The van der Waals surface area contributed by atoms with Gasteiger partial charge in [-0.2, -0.15) is 5.10 Å². The molecule has 7 rings (SSSR count). The van der Waals surface area contributed by atoms with Crippen molar-refractivity contribution < 1.29 is 4.79 Å². The fraction of sp³-hybridized carbons (Fsp3) is 0.484. The summed E-state index contributed by atoms with van der Waals surface area (Å²) in [6.45, 7) is 11.3. The third-order valence-corrected chi connectivity index (χ3v) is 9.19. The third kappa shape index (κ3) is 5.10. The zero-order chi connectivity index (χ0) is 27.4. The molecule has 0 bridgehead atoms. The van der Waals surface area contributed by atoms with Gasteiger partial charge >= 0.3 is 0 Å². The number of nitrogens with one attached hydrogen (secondary N) is 2. The van der Waals surface area contributed by atoms with Gasteiger partial charge in [0.25, 0.3) is 0 Å². The molecule has 4 aromatic rings. The number of aromatic amines is 1. The number of carbonyl (C=O) groups is 1. The van der Waals surface area contributed by atoms with Crippen LogP contribution in [0.5, 0.6) is 0 Å². The largest absolute Gasteiger partial charge is 0.340 e. The van der Waals surface area contributed by atoms with Crippen LogP contribution in [0, 0.1) is 17.3 Å². The van der Waals surface area contributed by atoms with E-state index in [1.54, 1.807) is 0 Å². The zero-order valence-electron chi connectivity index (χ0n) is 23.6. The molecule has 2 N–H and O–H groups in total. The van der Waals surface area contributed by atoms with Crippen molar-refractivity contribution in [3.05, 3.63) is 54.5 Å². The standard InChI is InChI=1S/C31H38N8O/c1-20(37-10-12-38(13-11-37)29(40)21-4-5-21)22-8-9-32-28(15-22)36-30-34-26-7-6-23(14-27(26)35-30)24-17-33-39(18-24)19-25-16-31(25,2)3/h6-9,14-15,17-18,20-21,25H,4-5,10-13,16,19H2,1-3H3,(H2,32,34,35,36)/t20?,25-/m0/s1. The summed E-state index contributed by atoms with van der Waals surface area (Å²) in [5.74, 6) is 2.80. The van der Waals surface area contributed by atoms with E-state index >= 15 is 0 Å². The van der Waals surface area contributed by atoms with Crippen molar-refractivity contribution in [3.8, 4) is 11.1 Å². The topological polar surface area (TPSA) is 95.0 Å². The Kier molecular flexibility index (Phi) is 6.14. The van der Waals surface area contributed by atoms with Gasteiger partial charge in [-0.3, -0.25) is 14.4 Å². The van der Waals surface area contributed by atoms with Crippen molar-refractivity contribution in [3.63, 3.8) is 0 Å². The minimum atomic E-state index is 0.242. The molecule has 9 nitrogen and oxygen atoms in total. The van der Waals surface area contributed by atoms with E-state index < -0.39 is 0 Å². The lowest BCUT2D eigenvalue weighted by molar-refractivity contribution is -0.134. The summed E-state index contributed by atoms with van der Waals surface area (Å²) < 4.78 is 2.08. The number of fused-ring (bicyclic) bond motifs is 1. The Morgan fingerprint density at radius 2 is 1.93 bits per heavy atom. The smallest absolute Gasteiger partial charge is 0.225 e. The summed E-state index contributed by atoms with van der Waals surface area (Å²) in [6.07, 6.45) is 9.36. The molecule has 0 spiro atoms. The molecule has 208 valence electrons. The summed E-state index contributed by atoms with van der Waals surface area (Å²) in [6, 6.07) is 10.7. The lowest BCUT2D eigenvalue weighted by atomic mass is 10.1. The lowest BCUT2D eigenvalue weighted by Gasteiger charge is -2.38. The van der Waals surface area contributed by atoms with Gasteiger partial charge in [-0.05, 0) is 72.9 Å². The van der Waals surface area contributed by atoms with E-state index in [2.05, 4.69) is 81.2 Å². The lowest BCUT2D eigenvalue weighted by Crippen LogP contribution is -2.49. The minimum absolute atomic E-state index is 0.242. The number of pyridine rings is 1. The normalized spacial score (nSPS) is 21.5. The van der Waals surface area contributed by atoms with Gasteiger partial charge in [-0.1, -0.05) is 19.9 Å². The van der Waals surface area contributed by atoms with E-state index in [4.69, 9.17) is 4.98 Å². The maximum atomic E-state index is 12.4. The molecule has 3 aromatic heterocycles. The van der Waals surface area contributed by atoms with Crippen LogP contribution in [0.3, 0.4) is 0 Å². The fourth-order valence-corrected chi connectivity index (χ4v) is 6.00. The Morgan fingerprint density at radius 3 is 2.67 bits per heavy atom. The van der Waals surface area contributed by atoms with Gasteiger partial charge in [0.05, 0.1) is 17.2 Å². The second-order valence-electron chi connectivity index (χ2n) is 12.6. The molecule has 3 aliphatic rings. The second-order valence-corrected chi connectivity index (χ2v) is 12.6. The number of amides is 1. The molecule has 2 atom stereocenters. The van der Waals surface area contributed by atoms with E-state index in [9.17, 15) is 4.79 Å². The van der Waals surface area contributed by atoms with E-state index in [1.165, 1.54) is 12.0 Å². The number of nitrogens with zero attached hydrogens (tertiary/aromatic N) is 6. The van der Waals surface area contributed by atoms with Crippen LogP contribution in [0.15, 0.2) is 48.9 Å². The predicted molar refractivity (Wildman–Crippen MR) is 156 cm³/mol. The SMILES string of the molecule is CC(c1ccnc(Nc2nc3ccc(-c4cnn(C[C@@H]5CC5(C)C)c4)cc3[nH]2)c1)N1CCN(C(=O)C2CC2)CC1. The highest BCUT2D eigenvalue weighted by Gasteiger charge is 2.45. The summed E-state index contributed by atoms with van der Waals surface area (Å²) in [5.41, 5.74) is 5.76. The first-order chi connectivity index (χ1) is 19.3. The number of hydrogen-bond donors (Lipinski definition) is 2. The van der Waals surface area contributed by atoms with Crippen molar-refractivity contribution in [2.24, 2.45) is 17.3 Å². The first kappa shape index (κ1) is 25.3. The average molecular weight is 539 g/mol. The highest BCUT2D eigenvalue weighted by atomic mass is 16.2. The molecule has 1 saturated heterocycles. The van der Waals surface area contributed by atoms with Gasteiger partial charge in [0.15, 0.2) is 0 Å². The van der Waals surface area contributed by atoms with E-state index in [-0.39, 0.29) is 6.04 Å². The molecule has 3 fully saturated rings. The second kappa shape index (κ2) is 9.73. The van der Waals surface area contributed by atoms with Gasteiger partial charge in [0.2, 0.25) is 11.9 Å². The molecule has 1 aromatic carbocycles. The number of H-pyrrole nitrogens is 1. The first-order valence-corrected chi connectivity index (χ1v) is 14.6. The number of hydrogen-bond acceptors (Lipinski definition) is 6. The average Bonchev–Trinajstić information content (AvgIpc) is 3.79. The molecule has 9 heteroatoms. The van der Waals surface area contributed by atoms with Crippen molar-refractivity contribution in [1.29, 1.82) is 0 Å². The summed E-state index contributed by atoms with van der Waals surface area (Å²) >= 11 is 0. The van der Waals surface area contributed by atoms with E-state index in [0.717, 1.165) is 73.5 Å². The number of imidazole rings is 1. The quantitative estimate of drug-likeness (QED) is 0.319. The molecule has 0 radical (unpaired) electrons. The molecule has 40 heavy (non-hydrogen) atoms. The van der Waals surface area contributed by atoms with Gasteiger partial charge in [0.1, 0.15) is 5.82 Å². The van der Waals surface area contributed by atoms with Crippen molar-refractivity contribution in [2.45, 2.75) is 52.6 Å². The third-order valence-electron chi connectivity index (χ3n) is 9.19. The van der Waals surface area contributed by atoms with Crippen LogP contribution in [0.4, 0.5) is 11.8 Å². The van der Waals surface area contributed by atoms with Gasteiger partial charge in [-0.15, -0.1) is 0 Å². The number of anilines is 2. The Hall–Kier alpha value is -3.72. The predicted octanol–water partition coefficient (Wildman–Crippen LogP) is 5.23. The van der Waals surface area contributed by atoms with Crippen LogP contribution in [-0.4, -0.2) is 66.6 Å². The molecule has 1 unspecified atom stereocenters. The number of piperazine rings is 1. The summed E-state index contributed by atoms with van der Waals surface area (Å²) in [5, 5.41) is 7.97. The highest BCUT2D eigenvalue weighted by molar-refractivity contribution is 5.84. The summed E-state index contributed by atoms with van der Waals surface area (Å²) in [4.78, 5) is 29.6. The minimum Gasteiger partial charge on any atom is -0.340 e. The molecule has 1 amide bonds. The van der Waals surface area contributed by atoms with Crippen molar-refractivity contribution in [1.82, 2.24) is 34.5 Å². The monoisotopic (exact) mass is 538 g/mol. The van der Waals surface area contributed by atoms with Crippen LogP contribution >= 0.6 is 0 Å². The number of aromatic nitrogens is 5. The number of rotatable bonds is 8. The first-order valence-electron chi connectivity index (χ1n) is 14.6. The highest BCUT2D eigenvalue weighted by Crippen LogP contribution is 2.52. The zero-order valence-corrected chi connectivity index (χ0v) is 23.6. The Balaban J connectivity index is 1.01. The van der Waals surface area contributed by atoms with Crippen LogP contribution in [0.2, 0.25) is 0 Å². The van der Waals surface area contributed by atoms with Crippen LogP contribution in [0.1, 0.15) is 51.6 Å². The Bertz CT molecular complexity index is 1540. The molecular formula is C31H38N8O. The molecule has 4 heterocycles. The van der Waals surface area contributed by atoms with E-state index in [1.807, 2.05) is 23.4 Å².